The molecule has 0 bridgehead atoms. The fourth-order valence-corrected chi connectivity index (χ4v) is 1.08. The Hall–Kier alpha value is -1.35. The molecule has 0 aliphatic rings. The van der Waals surface area contributed by atoms with Gasteiger partial charge in [0.25, 0.3) is 5.91 Å². The van der Waals surface area contributed by atoms with E-state index in [9.17, 15) is 4.79 Å². The second-order valence-electron chi connectivity index (χ2n) is 2.99. The highest BCUT2D eigenvalue weighted by Crippen LogP contribution is 2.10. The van der Waals surface area contributed by atoms with Gasteiger partial charge in [0.15, 0.2) is 0 Å². The Labute approximate surface area is 77.9 Å². The first-order valence-electron chi connectivity index (χ1n) is 4.22. The topological polar surface area (TPSA) is 55.1 Å². The Balaban J connectivity index is 2.87. The van der Waals surface area contributed by atoms with E-state index in [1.54, 1.807) is 19.2 Å². The highest BCUT2D eigenvalue weighted by atomic mass is 16.1. The number of carbonyl (C=O) groups excluding carboxylic acids is 1. The first-order valence-corrected chi connectivity index (χ1v) is 4.22. The maximum atomic E-state index is 11.2. The van der Waals surface area contributed by atoms with E-state index in [0.29, 0.717) is 5.56 Å². The van der Waals surface area contributed by atoms with Crippen LogP contribution in [0.5, 0.6) is 0 Å². The van der Waals surface area contributed by atoms with Crippen molar-refractivity contribution in [2.75, 3.05) is 7.05 Å². The van der Waals surface area contributed by atoms with Crippen LogP contribution >= 0.6 is 0 Å². The Morgan fingerprint density at radius 3 is 2.31 bits per heavy atom. The summed E-state index contributed by atoms with van der Waals surface area (Å²) in [5, 5.41) is 2.56. The minimum absolute atomic E-state index is 0.0127. The molecule has 13 heavy (non-hydrogen) atoms. The van der Waals surface area contributed by atoms with E-state index < -0.39 is 0 Å². The molecule has 3 nitrogen and oxygen atoms in total. The average molecular weight is 178 g/mol. The molecule has 0 aliphatic carbocycles. The summed E-state index contributed by atoms with van der Waals surface area (Å²) in [5.41, 5.74) is 7.37. The molecule has 0 aromatic heterocycles. The fourth-order valence-electron chi connectivity index (χ4n) is 1.08. The van der Waals surface area contributed by atoms with Gasteiger partial charge in [0.05, 0.1) is 0 Å². The van der Waals surface area contributed by atoms with Gasteiger partial charge in [-0.2, -0.15) is 0 Å². The van der Waals surface area contributed by atoms with Crippen LogP contribution in [0.2, 0.25) is 0 Å². The molecular formula is C10H14N2O. The maximum Gasteiger partial charge on any atom is 0.251 e. The van der Waals surface area contributed by atoms with Crippen molar-refractivity contribution in [1.82, 2.24) is 5.32 Å². The summed E-state index contributed by atoms with van der Waals surface area (Å²) in [7, 11) is 1.61. The van der Waals surface area contributed by atoms with Crippen LogP contribution < -0.4 is 11.1 Å². The quantitative estimate of drug-likeness (QED) is 0.711. The van der Waals surface area contributed by atoms with Gasteiger partial charge in [0, 0.05) is 18.7 Å². The van der Waals surface area contributed by atoms with E-state index in [2.05, 4.69) is 5.32 Å². The predicted molar refractivity (Wildman–Crippen MR) is 52.4 cm³/mol. The predicted octanol–water partition coefficient (Wildman–Crippen LogP) is 1.07. The van der Waals surface area contributed by atoms with Crippen LogP contribution in [0.3, 0.4) is 0 Å². The summed E-state index contributed by atoms with van der Waals surface area (Å²) in [5.74, 6) is -0.0729. The molecule has 3 N–H and O–H groups in total. The lowest BCUT2D eigenvalue weighted by molar-refractivity contribution is 0.0963. The maximum absolute atomic E-state index is 11.2. The summed E-state index contributed by atoms with van der Waals surface area (Å²) in [6.07, 6.45) is 0. The minimum Gasteiger partial charge on any atom is -0.355 e. The van der Waals surface area contributed by atoms with Crippen LogP contribution in [0.25, 0.3) is 0 Å². The largest absolute Gasteiger partial charge is 0.355 e. The molecule has 1 rings (SSSR count). The second kappa shape index (κ2) is 4.05. The lowest BCUT2D eigenvalue weighted by Gasteiger charge is -2.05. The molecule has 1 aromatic carbocycles. The SMILES string of the molecule is CNC(=O)c1ccc([C@@H](C)N)cc1. The smallest absolute Gasteiger partial charge is 0.251 e. The molecule has 70 valence electrons. The van der Waals surface area contributed by atoms with Crippen LogP contribution in [-0.4, -0.2) is 13.0 Å². The summed E-state index contributed by atoms with van der Waals surface area (Å²) < 4.78 is 0. The van der Waals surface area contributed by atoms with E-state index >= 15 is 0 Å². The highest BCUT2D eigenvalue weighted by Gasteiger charge is 2.03. The van der Waals surface area contributed by atoms with E-state index in [-0.39, 0.29) is 11.9 Å². The first-order chi connectivity index (χ1) is 6.15. The zero-order chi connectivity index (χ0) is 9.84. The van der Waals surface area contributed by atoms with Crippen LogP contribution in [0.4, 0.5) is 0 Å². The summed E-state index contributed by atoms with van der Waals surface area (Å²) in [6.45, 7) is 1.91. The van der Waals surface area contributed by atoms with Crippen LogP contribution in [0, 0.1) is 0 Å². The lowest BCUT2D eigenvalue weighted by Crippen LogP contribution is -2.17. The molecular weight excluding hydrogens is 164 g/mol. The van der Waals surface area contributed by atoms with Gasteiger partial charge in [-0.3, -0.25) is 4.79 Å². The molecule has 0 saturated heterocycles. The molecule has 0 aliphatic heterocycles. The van der Waals surface area contributed by atoms with E-state index in [1.807, 2.05) is 19.1 Å². The second-order valence-corrected chi connectivity index (χ2v) is 2.99. The monoisotopic (exact) mass is 178 g/mol. The van der Waals surface area contributed by atoms with Crippen LogP contribution in [-0.2, 0) is 0 Å². The molecule has 0 spiro atoms. The number of carbonyl (C=O) groups is 1. The normalized spacial score (nSPS) is 12.2. The van der Waals surface area contributed by atoms with Gasteiger partial charge in [-0.1, -0.05) is 12.1 Å². The van der Waals surface area contributed by atoms with Gasteiger partial charge in [0.1, 0.15) is 0 Å². The van der Waals surface area contributed by atoms with Crippen molar-refractivity contribution in [3.05, 3.63) is 35.4 Å². The molecule has 1 aromatic rings. The summed E-state index contributed by atoms with van der Waals surface area (Å²) >= 11 is 0. The fraction of sp³-hybridized carbons (Fsp3) is 0.300. The van der Waals surface area contributed by atoms with Gasteiger partial charge in [-0.15, -0.1) is 0 Å². The van der Waals surface area contributed by atoms with Crippen molar-refractivity contribution in [1.29, 1.82) is 0 Å². The zero-order valence-corrected chi connectivity index (χ0v) is 7.87. The van der Waals surface area contributed by atoms with E-state index in [4.69, 9.17) is 5.73 Å². The summed E-state index contributed by atoms with van der Waals surface area (Å²) in [6, 6.07) is 7.30. The Kier molecular flexibility index (Phi) is 3.03. The van der Waals surface area contributed by atoms with Crippen LogP contribution in [0.15, 0.2) is 24.3 Å². The number of hydrogen-bond donors (Lipinski definition) is 2. The third-order valence-electron chi connectivity index (χ3n) is 1.93. The molecule has 3 heteroatoms. The zero-order valence-electron chi connectivity index (χ0n) is 7.87. The van der Waals surface area contributed by atoms with Gasteiger partial charge < -0.3 is 11.1 Å². The van der Waals surface area contributed by atoms with Crippen molar-refractivity contribution in [3.8, 4) is 0 Å². The Morgan fingerprint density at radius 2 is 1.92 bits per heavy atom. The number of hydrogen-bond acceptors (Lipinski definition) is 2. The standard InChI is InChI=1S/C10H14N2O/c1-7(11)8-3-5-9(6-4-8)10(13)12-2/h3-7H,11H2,1-2H3,(H,12,13)/t7-/m1/s1. The minimum atomic E-state index is -0.0729. The Bertz CT molecular complexity index is 290. The number of rotatable bonds is 2. The first kappa shape index (κ1) is 9.74. The van der Waals surface area contributed by atoms with Gasteiger partial charge in [-0.05, 0) is 24.6 Å². The van der Waals surface area contributed by atoms with Gasteiger partial charge in [0.2, 0.25) is 0 Å². The van der Waals surface area contributed by atoms with Crippen molar-refractivity contribution < 1.29 is 4.79 Å². The number of nitrogens with one attached hydrogen (secondary N) is 1. The number of nitrogens with two attached hydrogens (primary N) is 1. The van der Waals surface area contributed by atoms with Gasteiger partial charge in [-0.25, -0.2) is 0 Å². The van der Waals surface area contributed by atoms with Gasteiger partial charge >= 0.3 is 0 Å². The molecule has 1 amide bonds. The molecule has 0 saturated carbocycles. The molecule has 1 atom stereocenters. The highest BCUT2D eigenvalue weighted by molar-refractivity contribution is 5.93. The Morgan fingerprint density at radius 1 is 1.38 bits per heavy atom. The molecule has 0 radical (unpaired) electrons. The van der Waals surface area contributed by atoms with Crippen molar-refractivity contribution in [2.24, 2.45) is 5.73 Å². The molecule has 0 unspecified atom stereocenters. The lowest BCUT2D eigenvalue weighted by atomic mass is 10.1. The van der Waals surface area contributed by atoms with Crippen molar-refractivity contribution in [2.45, 2.75) is 13.0 Å². The average Bonchev–Trinajstić information content (AvgIpc) is 2.17. The van der Waals surface area contributed by atoms with E-state index in [0.717, 1.165) is 5.56 Å². The molecule has 0 heterocycles. The summed E-state index contributed by atoms with van der Waals surface area (Å²) in [4.78, 5) is 11.2. The van der Waals surface area contributed by atoms with Crippen molar-refractivity contribution in [3.63, 3.8) is 0 Å². The molecule has 0 fully saturated rings. The van der Waals surface area contributed by atoms with E-state index in [1.165, 1.54) is 0 Å². The number of amides is 1. The van der Waals surface area contributed by atoms with Crippen molar-refractivity contribution >= 4 is 5.91 Å². The van der Waals surface area contributed by atoms with Crippen LogP contribution in [0.1, 0.15) is 28.9 Å². The third kappa shape index (κ3) is 2.29. The number of benzene rings is 1. The third-order valence-corrected chi connectivity index (χ3v) is 1.93.